The van der Waals surface area contributed by atoms with Crippen molar-refractivity contribution >= 4 is 33.3 Å². The van der Waals surface area contributed by atoms with Gasteiger partial charge in [-0.3, -0.25) is 4.79 Å². The second-order valence-electron chi connectivity index (χ2n) is 7.29. The van der Waals surface area contributed by atoms with Crippen LogP contribution >= 0.6 is 0 Å². The molecule has 1 amide bonds. The Hall–Kier alpha value is -3.47. The van der Waals surface area contributed by atoms with E-state index in [1.807, 2.05) is 47.4 Å². The predicted octanol–water partition coefficient (Wildman–Crippen LogP) is 4.56. The normalized spacial score (nSPS) is 14.5. The van der Waals surface area contributed by atoms with E-state index < -0.39 is 0 Å². The molecule has 5 heteroatoms. The minimum Gasteiger partial charge on any atom is -0.497 e. The topological polar surface area (TPSA) is 45.9 Å². The van der Waals surface area contributed by atoms with Gasteiger partial charge in [-0.2, -0.15) is 0 Å². The smallest absolute Gasteiger partial charge is 0.289 e. The van der Waals surface area contributed by atoms with Gasteiger partial charge in [0.05, 0.1) is 7.11 Å². The molecular weight excluding hydrogens is 364 g/mol. The van der Waals surface area contributed by atoms with Gasteiger partial charge in [-0.05, 0) is 47.2 Å². The molecule has 3 aromatic carbocycles. The predicted molar refractivity (Wildman–Crippen MR) is 115 cm³/mol. The van der Waals surface area contributed by atoms with Crippen LogP contribution in [-0.2, 0) is 0 Å². The van der Waals surface area contributed by atoms with Crippen LogP contribution in [0.4, 0.5) is 5.69 Å². The van der Waals surface area contributed by atoms with Crippen molar-refractivity contribution in [2.24, 2.45) is 0 Å². The number of benzene rings is 3. The van der Waals surface area contributed by atoms with Crippen LogP contribution in [0, 0.1) is 0 Å². The number of piperazine rings is 1. The summed E-state index contributed by atoms with van der Waals surface area (Å²) in [5, 5.41) is 3.24. The van der Waals surface area contributed by atoms with Crippen molar-refractivity contribution in [3.05, 3.63) is 72.5 Å². The largest absolute Gasteiger partial charge is 0.497 e. The SMILES string of the molecule is COc1ccc(N2CCN(C(=O)c3cc4c(ccc5ccccc54)o3)CC2)cc1. The van der Waals surface area contributed by atoms with Crippen LogP contribution in [0.15, 0.2) is 71.1 Å². The van der Waals surface area contributed by atoms with Crippen LogP contribution in [0.2, 0.25) is 0 Å². The zero-order chi connectivity index (χ0) is 19.8. The third-order valence-corrected chi connectivity index (χ3v) is 5.64. The fourth-order valence-corrected chi connectivity index (χ4v) is 4.01. The maximum atomic E-state index is 13.0. The summed E-state index contributed by atoms with van der Waals surface area (Å²) in [6.07, 6.45) is 0. The van der Waals surface area contributed by atoms with E-state index in [1.165, 1.54) is 0 Å². The molecule has 0 unspecified atom stereocenters. The molecule has 1 aliphatic rings. The lowest BCUT2D eigenvalue weighted by molar-refractivity contribution is 0.0717. The molecule has 5 nitrogen and oxygen atoms in total. The average Bonchev–Trinajstić information content (AvgIpc) is 3.24. The number of hydrogen-bond acceptors (Lipinski definition) is 4. The first-order valence-corrected chi connectivity index (χ1v) is 9.82. The van der Waals surface area contributed by atoms with Crippen molar-refractivity contribution in [2.45, 2.75) is 0 Å². The van der Waals surface area contributed by atoms with Gasteiger partial charge in [0.1, 0.15) is 11.3 Å². The zero-order valence-electron chi connectivity index (χ0n) is 16.3. The summed E-state index contributed by atoms with van der Waals surface area (Å²) in [6, 6.07) is 22.1. The highest BCUT2D eigenvalue weighted by atomic mass is 16.5. The Morgan fingerprint density at radius 2 is 1.66 bits per heavy atom. The van der Waals surface area contributed by atoms with E-state index in [0.717, 1.165) is 46.3 Å². The van der Waals surface area contributed by atoms with Gasteiger partial charge >= 0.3 is 0 Å². The lowest BCUT2D eigenvalue weighted by Gasteiger charge is -2.35. The van der Waals surface area contributed by atoms with E-state index in [1.54, 1.807) is 7.11 Å². The molecule has 1 aromatic heterocycles. The molecule has 29 heavy (non-hydrogen) atoms. The summed E-state index contributed by atoms with van der Waals surface area (Å²) in [5.74, 6) is 1.22. The summed E-state index contributed by atoms with van der Waals surface area (Å²) in [4.78, 5) is 17.2. The number of furan rings is 1. The molecule has 0 atom stereocenters. The maximum absolute atomic E-state index is 13.0. The maximum Gasteiger partial charge on any atom is 0.289 e. The Morgan fingerprint density at radius 3 is 2.41 bits per heavy atom. The molecule has 146 valence electrons. The van der Waals surface area contributed by atoms with Crippen LogP contribution in [0.25, 0.3) is 21.7 Å². The Morgan fingerprint density at radius 1 is 0.897 bits per heavy atom. The molecule has 5 rings (SSSR count). The van der Waals surface area contributed by atoms with Gasteiger partial charge in [0.2, 0.25) is 0 Å². The summed E-state index contributed by atoms with van der Waals surface area (Å²) in [6.45, 7) is 2.92. The van der Waals surface area contributed by atoms with Crippen LogP contribution in [-0.4, -0.2) is 44.1 Å². The van der Waals surface area contributed by atoms with Crippen LogP contribution < -0.4 is 9.64 Å². The van der Waals surface area contributed by atoms with Crippen molar-refractivity contribution < 1.29 is 13.9 Å². The highest BCUT2D eigenvalue weighted by molar-refractivity contribution is 6.08. The number of ether oxygens (including phenoxy) is 1. The molecular formula is C24H22N2O3. The number of amides is 1. The van der Waals surface area contributed by atoms with E-state index in [2.05, 4.69) is 29.2 Å². The third-order valence-electron chi connectivity index (χ3n) is 5.64. The number of nitrogens with zero attached hydrogens (tertiary/aromatic N) is 2. The number of rotatable bonds is 3. The van der Waals surface area contributed by atoms with E-state index in [-0.39, 0.29) is 5.91 Å². The fourth-order valence-electron chi connectivity index (χ4n) is 4.01. The molecule has 1 saturated heterocycles. The second-order valence-corrected chi connectivity index (χ2v) is 7.29. The zero-order valence-corrected chi connectivity index (χ0v) is 16.3. The molecule has 2 heterocycles. The molecule has 0 aliphatic carbocycles. The van der Waals surface area contributed by atoms with Crippen LogP contribution in [0.5, 0.6) is 5.75 Å². The fraction of sp³-hybridized carbons (Fsp3) is 0.208. The highest BCUT2D eigenvalue weighted by Gasteiger charge is 2.25. The van der Waals surface area contributed by atoms with Gasteiger partial charge in [-0.1, -0.05) is 30.3 Å². The van der Waals surface area contributed by atoms with E-state index in [4.69, 9.17) is 9.15 Å². The summed E-state index contributed by atoms with van der Waals surface area (Å²) < 4.78 is 11.1. The van der Waals surface area contributed by atoms with Crippen LogP contribution in [0.1, 0.15) is 10.6 Å². The Balaban J connectivity index is 1.33. The monoisotopic (exact) mass is 386 g/mol. The minimum absolute atomic E-state index is 0.0420. The number of anilines is 1. The van der Waals surface area contributed by atoms with Crippen molar-refractivity contribution in [1.82, 2.24) is 4.90 Å². The van der Waals surface area contributed by atoms with E-state index >= 15 is 0 Å². The Kier molecular flexibility index (Phi) is 4.35. The number of carbonyl (C=O) groups is 1. The highest BCUT2D eigenvalue weighted by Crippen LogP contribution is 2.29. The quantitative estimate of drug-likeness (QED) is 0.518. The molecule has 0 N–H and O–H groups in total. The van der Waals surface area contributed by atoms with Crippen molar-refractivity contribution in [2.75, 3.05) is 38.2 Å². The lowest BCUT2D eigenvalue weighted by Crippen LogP contribution is -2.48. The Labute approximate surface area is 169 Å². The summed E-state index contributed by atoms with van der Waals surface area (Å²) in [7, 11) is 1.67. The standard InChI is InChI=1S/C24H22N2O3/c1-28-19-9-7-18(8-10-19)25-12-14-26(15-13-25)24(27)23-16-21-20-5-3-2-4-17(20)6-11-22(21)29-23/h2-11,16H,12-15H2,1H3. The molecule has 0 bridgehead atoms. The van der Waals surface area contributed by atoms with Gasteiger partial charge < -0.3 is 19.0 Å². The lowest BCUT2D eigenvalue weighted by atomic mass is 10.1. The first kappa shape index (κ1) is 17.6. The first-order valence-electron chi connectivity index (χ1n) is 9.82. The molecule has 0 saturated carbocycles. The molecule has 0 radical (unpaired) electrons. The summed E-state index contributed by atoms with van der Waals surface area (Å²) >= 11 is 0. The summed E-state index contributed by atoms with van der Waals surface area (Å²) in [5.41, 5.74) is 1.90. The molecule has 0 spiro atoms. The average molecular weight is 386 g/mol. The van der Waals surface area contributed by atoms with E-state index in [9.17, 15) is 4.79 Å². The molecule has 1 aliphatic heterocycles. The van der Waals surface area contributed by atoms with Gasteiger partial charge in [0.15, 0.2) is 5.76 Å². The number of hydrogen-bond donors (Lipinski definition) is 0. The molecule has 1 fully saturated rings. The van der Waals surface area contributed by atoms with Crippen molar-refractivity contribution in [3.63, 3.8) is 0 Å². The van der Waals surface area contributed by atoms with Gasteiger partial charge in [-0.25, -0.2) is 0 Å². The van der Waals surface area contributed by atoms with E-state index in [0.29, 0.717) is 18.8 Å². The molecule has 4 aromatic rings. The van der Waals surface area contributed by atoms with Crippen molar-refractivity contribution in [1.29, 1.82) is 0 Å². The second kappa shape index (κ2) is 7.17. The van der Waals surface area contributed by atoms with Crippen molar-refractivity contribution in [3.8, 4) is 5.75 Å². The number of fused-ring (bicyclic) bond motifs is 3. The first-order chi connectivity index (χ1) is 14.2. The van der Waals surface area contributed by atoms with Gasteiger partial charge in [0.25, 0.3) is 5.91 Å². The van der Waals surface area contributed by atoms with Gasteiger partial charge in [-0.15, -0.1) is 0 Å². The Bertz CT molecular complexity index is 1170. The third kappa shape index (κ3) is 3.18. The number of methoxy groups -OCH3 is 1. The number of carbonyl (C=O) groups excluding carboxylic acids is 1. The minimum atomic E-state index is -0.0420. The van der Waals surface area contributed by atoms with Crippen LogP contribution in [0.3, 0.4) is 0 Å². The van der Waals surface area contributed by atoms with Gasteiger partial charge in [0, 0.05) is 37.3 Å².